The van der Waals surface area contributed by atoms with E-state index >= 15 is 0 Å². The van der Waals surface area contributed by atoms with Gasteiger partial charge in [-0.3, -0.25) is 0 Å². The summed E-state index contributed by atoms with van der Waals surface area (Å²) in [4.78, 5) is 18.5. The lowest BCUT2D eigenvalue weighted by Crippen LogP contribution is -2.45. The standard InChI is InChI=1S/C14H24N6S/c1-10-11(2)21-9-8-20(10)14-17-12(15-3)16-13(18-14)19-6-4-5-7-19/h10-11H,4-9H2,1-3H3,(H,15,16,17,18). The van der Waals surface area contributed by atoms with E-state index in [4.69, 9.17) is 4.98 Å². The summed E-state index contributed by atoms with van der Waals surface area (Å²) in [5.74, 6) is 3.43. The molecule has 1 aromatic heterocycles. The molecule has 0 radical (unpaired) electrons. The lowest BCUT2D eigenvalue weighted by molar-refractivity contribution is 0.610. The van der Waals surface area contributed by atoms with Crippen LogP contribution in [0, 0.1) is 0 Å². The molecule has 21 heavy (non-hydrogen) atoms. The van der Waals surface area contributed by atoms with Gasteiger partial charge < -0.3 is 15.1 Å². The summed E-state index contributed by atoms with van der Waals surface area (Å²) in [7, 11) is 1.87. The highest BCUT2D eigenvalue weighted by Gasteiger charge is 2.28. The van der Waals surface area contributed by atoms with Crippen molar-refractivity contribution in [1.82, 2.24) is 15.0 Å². The Kier molecular flexibility index (Phi) is 4.37. The number of thioether (sulfide) groups is 1. The topological polar surface area (TPSA) is 57.2 Å². The maximum Gasteiger partial charge on any atom is 0.232 e. The van der Waals surface area contributed by atoms with Gasteiger partial charge >= 0.3 is 0 Å². The van der Waals surface area contributed by atoms with Crippen molar-refractivity contribution >= 4 is 29.6 Å². The van der Waals surface area contributed by atoms with Crippen LogP contribution in [0.5, 0.6) is 0 Å². The third kappa shape index (κ3) is 3.02. The molecule has 3 rings (SSSR count). The van der Waals surface area contributed by atoms with E-state index in [2.05, 4.69) is 38.9 Å². The van der Waals surface area contributed by atoms with Crippen molar-refractivity contribution < 1.29 is 0 Å². The first-order chi connectivity index (χ1) is 10.2. The molecule has 2 unspecified atom stereocenters. The lowest BCUT2D eigenvalue weighted by atomic mass is 10.2. The van der Waals surface area contributed by atoms with Crippen LogP contribution in [0.1, 0.15) is 26.7 Å². The maximum atomic E-state index is 4.75. The van der Waals surface area contributed by atoms with E-state index in [1.807, 2.05) is 18.8 Å². The third-order valence-electron chi connectivity index (χ3n) is 4.37. The second kappa shape index (κ2) is 6.25. The summed E-state index contributed by atoms with van der Waals surface area (Å²) in [6.07, 6.45) is 2.45. The van der Waals surface area contributed by atoms with Gasteiger partial charge in [0.2, 0.25) is 17.8 Å². The Morgan fingerprint density at radius 1 is 1.05 bits per heavy atom. The number of nitrogens with one attached hydrogen (secondary N) is 1. The van der Waals surface area contributed by atoms with Crippen LogP contribution in [-0.4, -0.2) is 58.7 Å². The van der Waals surface area contributed by atoms with Gasteiger partial charge in [0.1, 0.15) is 0 Å². The monoisotopic (exact) mass is 308 g/mol. The van der Waals surface area contributed by atoms with E-state index in [1.54, 1.807) is 0 Å². The van der Waals surface area contributed by atoms with Crippen molar-refractivity contribution in [3.63, 3.8) is 0 Å². The lowest BCUT2D eigenvalue weighted by Gasteiger charge is -2.37. The number of hydrogen-bond acceptors (Lipinski definition) is 7. The van der Waals surface area contributed by atoms with Crippen molar-refractivity contribution in [2.24, 2.45) is 0 Å². The first-order valence-corrected chi connectivity index (χ1v) is 8.81. The second-order valence-electron chi connectivity index (χ2n) is 5.71. The van der Waals surface area contributed by atoms with E-state index in [-0.39, 0.29) is 0 Å². The van der Waals surface area contributed by atoms with E-state index in [9.17, 15) is 0 Å². The minimum Gasteiger partial charge on any atom is -0.357 e. The molecule has 6 nitrogen and oxygen atoms in total. The fourth-order valence-electron chi connectivity index (χ4n) is 2.87. The van der Waals surface area contributed by atoms with Crippen LogP contribution < -0.4 is 15.1 Å². The number of hydrogen-bond donors (Lipinski definition) is 1. The van der Waals surface area contributed by atoms with Crippen LogP contribution in [0.15, 0.2) is 0 Å². The van der Waals surface area contributed by atoms with E-state index in [0.717, 1.165) is 37.3 Å². The largest absolute Gasteiger partial charge is 0.357 e. The zero-order valence-corrected chi connectivity index (χ0v) is 13.9. The van der Waals surface area contributed by atoms with Gasteiger partial charge in [-0.25, -0.2) is 0 Å². The summed E-state index contributed by atoms with van der Waals surface area (Å²) in [5.41, 5.74) is 0. The Balaban J connectivity index is 1.91. The average Bonchev–Trinajstić information content (AvgIpc) is 3.04. The van der Waals surface area contributed by atoms with Crippen LogP contribution in [0.2, 0.25) is 0 Å². The quantitative estimate of drug-likeness (QED) is 0.914. The molecule has 0 amide bonds. The highest BCUT2D eigenvalue weighted by atomic mass is 32.2. The van der Waals surface area contributed by atoms with Gasteiger partial charge in [-0.05, 0) is 19.8 Å². The van der Waals surface area contributed by atoms with Crippen LogP contribution in [-0.2, 0) is 0 Å². The highest BCUT2D eigenvalue weighted by molar-refractivity contribution is 8.00. The smallest absolute Gasteiger partial charge is 0.232 e. The van der Waals surface area contributed by atoms with Gasteiger partial charge in [0, 0.05) is 43.7 Å². The number of aromatic nitrogens is 3. The Labute approximate surface area is 130 Å². The molecule has 1 aromatic rings. The van der Waals surface area contributed by atoms with Crippen molar-refractivity contribution in [2.45, 2.75) is 38.0 Å². The van der Waals surface area contributed by atoms with Gasteiger partial charge in [-0.1, -0.05) is 6.92 Å². The second-order valence-corrected chi connectivity index (χ2v) is 7.20. The summed E-state index contributed by atoms with van der Waals surface area (Å²) in [5, 5.41) is 3.68. The molecule has 0 aliphatic carbocycles. The van der Waals surface area contributed by atoms with Gasteiger partial charge in [0.05, 0.1) is 0 Å². The number of rotatable bonds is 3. The third-order valence-corrected chi connectivity index (χ3v) is 5.70. The van der Waals surface area contributed by atoms with E-state index in [1.165, 1.54) is 12.8 Å². The molecule has 0 saturated carbocycles. The highest BCUT2D eigenvalue weighted by Crippen LogP contribution is 2.28. The summed E-state index contributed by atoms with van der Waals surface area (Å²) < 4.78 is 0. The normalized spacial score (nSPS) is 26.2. The number of nitrogens with zero attached hydrogens (tertiary/aromatic N) is 5. The van der Waals surface area contributed by atoms with Crippen molar-refractivity contribution in [2.75, 3.05) is 47.6 Å². The van der Waals surface area contributed by atoms with Gasteiger partial charge in [0.25, 0.3) is 0 Å². The molecule has 1 N–H and O–H groups in total. The fraction of sp³-hybridized carbons (Fsp3) is 0.786. The van der Waals surface area contributed by atoms with Gasteiger partial charge in [-0.15, -0.1) is 0 Å². The molecule has 2 atom stereocenters. The number of anilines is 3. The molecular weight excluding hydrogens is 284 g/mol. The maximum absolute atomic E-state index is 4.75. The Bertz CT molecular complexity index is 490. The molecule has 2 saturated heterocycles. The van der Waals surface area contributed by atoms with E-state index < -0.39 is 0 Å². The minimum atomic E-state index is 0.447. The SMILES string of the molecule is CNc1nc(N2CCCC2)nc(N2CCSC(C)C2C)n1. The molecule has 7 heteroatoms. The molecule has 116 valence electrons. The zero-order valence-electron chi connectivity index (χ0n) is 13.0. The molecular formula is C14H24N6S. The van der Waals surface area contributed by atoms with Gasteiger partial charge in [0.15, 0.2) is 0 Å². The van der Waals surface area contributed by atoms with Crippen molar-refractivity contribution in [1.29, 1.82) is 0 Å². The predicted octanol–water partition coefficient (Wildman–Crippen LogP) is 1.84. The molecule has 2 aliphatic rings. The zero-order chi connectivity index (χ0) is 14.8. The van der Waals surface area contributed by atoms with Crippen LogP contribution >= 0.6 is 11.8 Å². The van der Waals surface area contributed by atoms with Crippen LogP contribution in [0.25, 0.3) is 0 Å². The predicted molar refractivity (Wildman–Crippen MR) is 89.5 cm³/mol. The minimum absolute atomic E-state index is 0.447. The molecule has 0 aromatic carbocycles. The fourth-order valence-corrected chi connectivity index (χ4v) is 3.97. The molecule has 0 spiro atoms. The summed E-state index contributed by atoms with van der Waals surface area (Å²) in [6.45, 7) is 7.64. The van der Waals surface area contributed by atoms with Crippen LogP contribution in [0.3, 0.4) is 0 Å². The van der Waals surface area contributed by atoms with Crippen molar-refractivity contribution in [3.05, 3.63) is 0 Å². The Morgan fingerprint density at radius 2 is 1.76 bits per heavy atom. The first-order valence-electron chi connectivity index (χ1n) is 7.76. The first kappa shape index (κ1) is 14.7. The molecule has 0 bridgehead atoms. The van der Waals surface area contributed by atoms with E-state index in [0.29, 0.717) is 17.2 Å². The average molecular weight is 308 g/mol. The molecule has 3 heterocycles. The molecule has 2 fully saturated rings. The Hall–Kier alpha value is -1.24. The van der Waals surface area contributed by atoms with Crippen molar-refractivity contribution in [3.8, 4) is 0 Å². The Morgan fingerprint density at radius 3 is 2.48 bits per heavy atom. The summed E-state index contributed by atoms with van der Waals surface area (Å²) in [6, 6.07) is 0.447. The summed E-state index contributed by atoms with van der Waals surface area (Å²) >= 11 is 2.03. The van der Waals surface area contributed by atoms with Crippen LogP contribution in [0.4, 0.5) is 17.8 Å². The molecule has 2 aliphatic heterocycles. The van der Waals surface area contributed by atoms with Gasteiger partial charge in [-0.2, -0.15) is 26.7 Å².